The Labute approximate surface area is 170 Å². The summed E-state index contributed by atoms with van der Waals surface area (Å²) in [6.45, 7) is 4.40. The first-order valence-electron chi connectivity index (χ1n) is 11.5. The number of aryl methyl sites for hydroxylation is 1. The van der Waals surface area contributed by atoms with Gasteiger partial charge >= 0.3 is 0 Å². The molecule has 1 aromatic rings. The average Bonchev–Trinajstić information content (AvgIpc) is 2.72. The molecule has 0 N–H and O–H groups in total. The van der Waals surface area contributed by atoms with Crippen molar-refractivity contribution >= 4 is 5.57 Å². The Hall–Kier alpha value is -1.44. The third kappa shape index (κ3) is 5.13. The molecule has 0 aromatic heterocycles. The van der Waals surface area contributed by atoms with Crippen molar-refractivity contribution in [1.29, 1.82) is 0 Å². The van der Waals surface area contributed by atoms with E-state index in [1.54, 1.807) is 12.1 Å². The van der Waals surface area contributed by atoms with Gasteiger partial charge in [0, 0.05) is 5.56 Å². The molecule has 28 heavy (non-hydrogen) atoms. The number of hydrogen-bond donors (Lipinski definition) is 0. The Morgan fingerprint density at radius 2 is 1.71 bits per heavy atom. The van der Waals surface area contributed by atoms with E-state index in [1.165, 1.54) is 38.5 Å². The number of benzene rings is 1. The van der Waals surface area contributed by atoms with Crippen molar-refractivity contribution < 1.29 is 8.78 Å². The number of halogens is 2. The summed E-state index contributed by atoms with van der Waals surface area (Å²) in [6, 6.07) is 3.55. The molecule has 1 fully saturated rings. The Bertz CT molecular complexity index is 693. The van der Waals surface area contributed by atoms with Gasteiger partial charge in [0.05, 0.1) is 0 Å². The van der Waals surface area contributed by atoms with Crippen molar-refractivity contribution in [3.8, 4) is 0 Å². The number of allylic oxidation sites excluding steroid dienone is 4. The summed E-state index contributed by atoms with van der Waals surface area (Å²) in [5.41, 5.74) is 1.77. The van der Waals surface area contributed by atoms with Crippen molar-refractivity contribution in [2.45, 2.75) is 84.5 Å². The highest BCUT2D eigenvalue weighted by atomic mass is 19.2. The van der Waals surface area contributed by atoms with Crippen molar-refractivity contribution in [3.05, 3.63) is 53.1 Å². The molecule has 2 heteroatoms. The van der Waals surface area contributed by atoms with Crippen LogP contribution >= 0.6 is 0 Å². The zero-order valence-corrected chi connectivity index (χ0v) is 17.7. The van der Waals surface area contributed by atoms with Crippen LogP contribution in [0.2, 0.25) is 0 Å². The van der Waals surface area contributed by atoms with Gasteiger partial charge in [0.15, 0.2) is 11.6 Å². The molecular formula is C26H36F2. The van der Waals surface area contributed by atoms with Crippen LogP contribution in [0, 0.1) is 29.4 Å². The molecule has 0 radical (unpaired) electrons. The van der Waals surface area contributed by atoms with Gasteiger partial charge in [-0.05, 0) is 61.0 Å². The van der Waals surface area contributed by atoms with Crippen LogP contribution in [0.15, 0.2) is 30.4 Å². The highest BCUT2D eigenvalue weighted by Gasteiger charge is 2.27. The standard InChI is InChI=1S/C26H36F2/c1-3-5-6-8-23-17-18-24(26(28)25(23)27)22-15-13-21(14-16-22)20-11-9-19(7-4-2)10-12-20/h13,15-21H,3-12,14H2,1-2H3/t19-,20-,21?. The van der Waals surface area contributed by atoms with E-state index in [0.717, 1.165) is 43.1 Å². The number of hydrogen-bond acceptors (Lipinski definition) is 0. The highest BCUT2D eigenvalue weighted by Crippen LogP contribution is 2.39. The van der Waals surface area contributed by atoms with E-state index in [9.17, 15) is 8.78 Å². The van der Waals surface area contributed by atoms with E-state index in [4.69, 9.17) is 0 Å². The van der Waals surface area contributed by atoms with Crippen molar-refractivity contribution in [2.75, 3.05) is 0 Å². The van der Waals surface area contributed by atoms with E-state index >= 15 is 0 Å². The van der Waals surface area contributed by atoms with Gasteiger partial charge < -0.3 is 0 Å². The van der Waals surface area contributed by atoms with Crippen LogP contribution in [0.25, 0.3) is 5.57 Å². The molecule has 0 nitrogen and oxygen atoms in total. The van der Waals surface area contributed by atoms with Crippen LogP contribution in [0.4, 0.5) is 8.78 Å². The maximum atomic E-state index is 14.7. The Morgan fingerprint density at radius 3 is 2.36 bits per heavy atom. The molecule has 2 aliphatic rings. The maximum Gasteiger partial charge on any atom is 0.166 e. The van der Waals surface area contributed by atoms with Gasteiger partial charge in [-0.1, -0.05) is 82.7 Å². The summed E-state index contributed by atoms with van der Waals surface area (Å²) in [5, 5.41) is 0. The second-order valence-corrected chi connectivity index (χ2v) is 8.84. The molecule has 0 heterocycles. The van der Waals surface area contributed by atoms with Crippen LogP contribution in [-0.2, 0) is 6.42 Å². The molecule has 3 rings (SSSR count). The first-order chi connectivity index (χ1) is 13.6. The normalized spacial score (nSPS) is 25.0. The van der Waals surface area contributed by atoms with E-state index < -0.39 is 11.6 Å². The quantitative estimate of drug-likeness (QED) is 0.394. The molecule has 0 aliphatic heterocycles. The van der Waals surface area contributed by atoms with Gasteiger partial charge in [-0.25, -0.2) is 8.78 Å². The van der Waals surface area contributed by atoms with E-state index in [1.807, 2.05) is 6.08 Å². The Morgan fingerprint density at radius 1 is 0.929 bits per heavy atom. The van der Waals surface area contributed by atoms with Gasteiger partial charge in [0.1, 0.15) is 0 Å². The van der Waals surface area contributed by atoms with Crippen LogP contribution < -0.4 is 0 Å². The molecule has 0 saturated heterocycles. The fourth-order valence-electron chi connectivity index (χ4n) is 5.07. The first-order valence-corrected chi connectivity index (χ1v) is 11.5. The Balaban J connectivity index is 1.61. The van der Waals surface area contributed by atoms with Crippen molar-refractivity contribution in [1.82, 2.24) is 0 Å². The van der Waals surface area contributed by atoms with Crippen molar-refractivity contribution in [2.24, 2.45) is 17.8 Å². The van der Waals surface area contributed by atoms with Gasteiger partial charge in [-0.15, -0.1) is 0 Å². The second-order valence-electron chi connectivity index (χ2n) is 8.84. The van der Waals surface area contributed by atoms with Gasteiger partial charge in [0.25, 0.3) is 0 Å². The molecular weight excluding hydrogens is 350 g/mol. The summed E-state index contributed by atoms with van der Waals surface area (Å²) in [5.74, 6) is 0.910. The molecule has 0 amide bonds. The van der Waals surface area contributed by atoms with Crippen LogP contribution in [-0.4, -0.2) is 0 Å². The molecule has 1 saturated carbocycles. The van der Waals surface area contributed by atoms with Crippen molar-refractivity contribution in [3.63, 3.8) is 0 Å². The number of rotatable bonds is 8. The summed E-state index contributed by atoms with van der Waals surface area (Å²) >= 11 is 0. The summed E-state index contributed by atoms with van der Waals surface area (Å²) in [4.78, 5) is 0. The van der Waals surface area contributed by atoms with Crippen LogP contribution in [0.5, 0.6) is 0 Å². The summed E-state index contributed by atoms with van der Waals surface area (Å²) in [6.07, 6.45) is 19.1. The molecule has 1 aromatic carbocycles. The molecule has 0 spiro atoms. The minimum Gasteiger partial charge on any atom is -0.203 e. The third-order valence-electron chi connectivity index (χ3n) is 6.85. The average molecular weight is 387 g/mol. The topological polar surface area (TPSA) is 0 Å². The van der Waals surface area contributed by atoms with E-state index in [-0.39, 0.29) is 0 Å². The fraction of sp³-hybridized carbons (Fsp3) is 0.615. The lowest BCUT2D eigenvalue weighted by molar-refractivity contribution is 0.221. The molecule has 2 aliphatic carbocycles. The molecule has 0 bridgehead atoms. The lowest BCUT2D eigenvalue weighted by Gasteiger charge is -2.33. The monoisotopic (exact) mass is 386 g/mol. The molecule has 1 atom stereocenters. The smallest absolute Gasteiger partial charge is 0.166 e. The lowest BCUT2D eigenvalue weighted by atomic mass is 9.72. The zero-order valence-electron chi connectivity index (χ0n) is 17.7. The van der Waals surface area contributed by atoms with Crippen LogP contribution in [0.3, 0.4) is 0 Å². The minimum absolute atomic E-state index is 0.415. The summed E-state index contributed by atoms with van der Waals surface area (Å²) < 4.78 is 29.2. The third-order valence-corrected chi connectivity index (χ3v) is 6.85. The zero-order chi connectivity index (χ0) is 19.9. The minimum atomic E-state index is -0.677. The SMILES string of the molecule is CCCCCc1ccc(C2=CCC([C@H]3CC[C@H](CCC)CC3)C=C2)c(F)c1F. The van der Waals surface area contributed by atoms with Crippen LogP contribution in [0.1, 0.15) is 89.2 Å². The molecule has 154 valence electrons. The van der Waals surface area contributed by atoms with Gasteiger partial charge in [-0.3, -0.25) is 0 Å². The predicted molar refractivity (Wildman–Crippen MR) is 115 cm³/mol. The molecule has 1 unspecified atom stereocenters. The maximum absolute atomic E-state index is 14.7. The predicted octanol–water partition coefficient (Wildman–Crippen LogP) is 8.26. The Kier molecular flexibility index (Phi) is 7.88. The van der Waals surface area contributed by atoms with E-state index in [2.05, 4.69) is 26.0 Å². The largest absolute Gasteiger partial charge is 0.203 e. The fourth-order valence-corrected chi connectivity index (χ4v) is 5.07. The van der Waals surface area contributed by atoms with Gasteiger partial charge in [-0.2, -0.15) is 0 Å². The van der Waals surface area contributed by atoms with E-state index in [0.29, 0.717) is 23.5 Å². The number of unbranched alkanes of at least 4 members (excludes halogenated alkanes) is 2. The summed E-state index contributed by atoms with van der Waals surface area (Å²) in [7, 11) is 0. The van der Waals surface area contributed by atoms with Gasteiger partial charge in [0.2, 0.25) is 0 Å². The lowest BCUT2D eigenvalue weighted by Crippen LogP contribution is -2.21. The highest BCUT2D eigenvalue weighted by molar-refractivity contribution is 5.75. The second kappa shape index (κ2) is 10.4. The first kappa shape index (κ1) is 21.3.